The first-order valence-electron chi connectivity index (χ1n) is 11.6. The Balaban J connectivity index is 1.45. The van der Waals surface area contributed by atoms with Crippen molar-refractivity contribution in [3.63, 3.8) is 0 Å². The van der Waals surface area contributed by atoms with Gasteiger partial charge in [-0.2, -0.15) is 0 Å². The molecule has 1 amide bonds. The van der Waals surface area contributed by atoms with Crippen LogP contribution in [0.4, 0.5) is 17.1 Å². The van der Waals surface area contributed by atoms with Gasteiger partial charge in [0.1, 0.15) is 0 Å². The lowest BCUT2D eigenvalue weighted by Crippen LogP contribution is -2.22. The summed E-state index contributed by atoms with van der Waals surface area (Å²) in [4.78, 5) is 38.5. The summed E-state index contributed by atoms with van der Waals surface area (Å²) in [5, 5.41) is 6.29. The number of rotatable bonds is 8. The summed E-state index contributed by atoms with van der Waals surface area (Å²) < 4.78 is 5.30. The van der Waals surface area contributed by atoms with Crippen LogP contribution in [0.5, 0.6) is 0 Å². The van der Waals surface area contributed by atoms with E-state index in [-0.39, 0.29) is 17.0 Å². The van der Waals surface area contributed by atoms with Crippen LogP contribution >= 0.6 is 11.6 Å². The first-order chi connectivity index (χ1) is 17.8. The molecule has 7 heteroatoms. The fourth-order valence-electron chi connectivity index (χ4n) is 3.76. The summed E-state index contributed by atoms with van der Waals surface area (Å²) in [5.41, 5.74) is 4.88. The van der Waals surface area contributed by atoms with Gasteiger partial charge < -0.3 is 15.4 Å². The number of carbonyl (C=O) groups excluding carboxylic acids is 3. The van der Waals surface area contributed by atoms with Crippen molar-refractivity contribution in [2.45, 2.75) is 13.8 Å². The molecule has 37 heavy (non-hydrogen) atoms. The van der Waals surface area contributed by atoms with Crippen molar-refractivity contribution in [3.8, 4) is 0 Å². The van der Waals surface area contributed by atoms with Gasteiger partial charge in [0.2, 0.25) is 0 Å². The van der Waals surface area contributed by atoms with Crippen LogP contribution in [0, 0.1) is 13.8 Å². The molecule has 0 heterocycles. The van der Waals surface area contributed by atoms with Gasteiger partial charge in [-0.25, -0.2) is 4.79 Å². The lowest BCUT2D eigenvalue weighted by molar-refractivity contribution is -0.119. The number of anilines is 3. The van der Waals surface area contributed by atoms with E-state index in [0.29, 0.717) is 21.8 Å². The number of nitrogens with one attached hydrogen (secondary N) is 2. The number of para-hydroxylation sites is 1. The van der Waals surface area contributed by atoms with Crippen LogP contribution < -0.4 is 10.6 Å². The van der Waals surface area contributed by atoms with Crippen LogP contribution in [-0.2, 0) is 9.53 Å². The zero-order valence-corrected chi connectivity index (χ0v) is 21.1. The Morgan fingerprint density at radius 2 is 1.46 bits per heavy atom. The van der Waals surface area contributed by atoms with Crippen molar-refractivity contribution >= 4 is 46.3 Å². The fraction of sp³-hybridized carbons (Fsp3) is 0.100. The zero-order valence-electron chi connectivity index (χ0n) is 20.4. The molecule has 4 aromatic carbocycles. The van der Waals surface area contributed by atoms with Gasteiger partial charge in [0.15, 0.2) is 12.4 Å². The van der Waals surface area contributed by atoms with Crippen molar-refractivity contribution in [1.82, 2.24) is 0 Å². The standard InChI is InChI=1S/C30H25ClN2O4/c1-19-9-8-14-25(20(19)2)32-26-13-7-6-12-23(26)30(36)37-18-28(34)33-27-16-15-22(31)17-24(27)29(35)21-10-4-3-5-11-21/h3-17,32H,18H2,1-2H3,(H,33,34). The minimum atomic E-state index is -0.653. The molecule has 4 rings (SSSR count). The third-order valence-electron chi connectivity index (χ3n) is 5.89. The molecule has 0 atom stereocenters. The smallest absolute Gasteiger partial charge is 0.340 e. The Labute approximate surface area is 220 Å². The number of halogens is 1. The Morgan fingerprint density at radius 3 is 2.24 bits per heavy atom. The number of amides is 1. The molecule has 186 valence electrons. The molecule has 0 aliphatic heterocycles. The summed E-state index contributed by atoms with van der Waals surface area (Å²) in [6.07, 6.45) is 0. The van der Waals surface area contributed by atoms with Gasteiger partial charge >= 0.3 is 5.97 Å². The van der Waals surface area contributed by atoms with Crippen molar-refractivity contribution in [3.05, 3.63) is 124 Å². The Bertz CT molecular complexity index is 1470. The SMILES string of the molecule is Cc1cccc(Nc2ccccc2C(=O)OCC(=O)Nc2ccc(Cl)cc2C(=O)c2ccccc2)c1C. The van der Waals surface area contributed by atoms with E-state index < -0.39 is 18.5 Å². The van der Waals surface area contributed by atoms with E-state index in [2.05, 4.69) is 10.6 Å². The maximum absolute atomic E-state index is 13.0. The number of ketones is 1. The summed E-state index contributed by atoms with van der Waals surface area (Å²) in [5.74, 6) is -1.53. The predicted molar refractivity (Wildman–Crippen MR) is 146 cm³/mol. The van der Waals surface area contributed by atoms with E-state index in [4.69, 9.17) is 16.3 Å². The molecule has 0 fully saturated rings. The third-order valence-corrected chi connectivity index (χ3v) is 6.13. The van der Waals surface area contributed by atoms with Crippen LogP contribution in [0.25, 0.3) is 0 Å². The van der Waals surface area contributed by atoms with Gasteiger partial charge in [0.05, 0.1) is 16.9 Å². The number of hydrogen-bond acceptors (Lipinski definition) is 5. The molecule has 0 spiro atoms. The molecular weight excluding hydrogens is 488 g/mol. The van der Waals surface area contributed by atoms with Crippen LogP contribution in [-0.4, -0.2) is 24.3 Å². The van der Waals surface area contributed by atoms with Gasteiger partial charge in [0.25, 0.3) is 5.91 Å². The molecule has 0 radical (unpaired) electrons. The monoisotopic (exact) mass is 512 g/mol. The average Bonchev–Trinajstić information content (AvgIpc) is 2.91. The molecule has 0 aromatic heterocycles. The second-order valence-electron chi connectivity index (χ2n) is 8.43. The van der Waals surface area contributed by atoms with Gasteiger partial charge in [0, 0.05) is 21.8 Å². The van der Waals surface area contributed by atoms with E-state index in [9.17, 15) is 14.4 Å². The lowest BCUT2D eigenvalue weighted by Gasteiger charge is -2.15. The number of benzene rings is 4. The molecular formula is C30H25ClN2O4. The highest BCUT2D eigenvalue weighted by Gasteiger charge is 2.18. The number of aryl methyl sites for hydroxylation is 1. The molecule has 0 saturated heterocycles. The molecule has 0 bridgehead atoms. The normalized spacial score (nSPS) is 10.5. The van der Waals surface area contributed by atoms with Gasteiger partial charge in [-0.15, -0.1) is 0 Å². The fourth-order valence-corrected chi connectivity index (χ4v) is 3.93. The summed E-state index contributed by atoms with van der Waals surface area (Å²) in [6.45, 7) is 3.48. The molecule has 0 aliphatic rings. The minimum absolute atomic E-state index is 0.237. The number of carbonyl (C=O) groups is 3. The van der Waals surface area contributed by atoms with Crippen LogP contribution in [0.15, 0.2) is 91.0 Å². The largest absolute Gasteiger partial charge is 0.452 e. The van der Waals surface area contributed by atoms with E-state index in [0.717, 1.165) is 16.8 Å². The van der Waals surface area contributed by atoms with Crippen molar-refractivity contribution in [1.29, 1.82) is 0 Å². The van der Waals surface area contributed by atoms with Gasteiger partial charge in [-0.05, 0) is 61.4 Å². The first-order valence-corrected chi connectivity index (χ1v) is 12.0. The predicted octanol–water partition coefficient (Wildman–Crippen LogP) is 6.73. The molecule has 0 aliphatic carbocycles. The lowest BCUT2D eigenvalue weighted by atomic mass is 10.0. The van der Waals surface area contributed by atoms with Crippen LogP contribution in [0.1, 0.15) is 37.4 Å². The van der Waals surface area contributed by atoms with E-state index in [1.807, 2.05) is 44.2 Å². The molecule has 0 saturated carbocycles. The molecule has 2 N–H and O–H groups in total. The van der Waals surface area contributed by atoms with Crippen LogP contribution in [0.2, 0.25) is 5.02 Å². The number of ether oxygens (including phenoxy) is 1. The number of esters is 1. The second kappa shape index (κ2) is 11.5. The average molecular weight is 513 g/mol. The van der Waals surface area contributed by atoms with Gasteiger partial charge in [-0.3, -0.25) is 9.59 Å². The maximum Gasteiger partial charge on any atom is 0.340 e. The summed E-state index contributed by atoms with van der Waals surface area (Å²) in [6, 6.07) is 26.1. The summed E-state index contributed by atoms with van der Waals surface area (Å²) in [7, 11) is 0. The molecule has 6 nitrogen and oxygen atoms in total. The minimum Gasteiger partial charge on any atom is -0.452 e. The Morgan fingerprint density at radius 1 is 0.757 bits per heavy atom. The number of hydrogen-bond donors (Lipinski definition) is 2. The highest BCUT2D eigenvalue weighted by molar-refractivity contribution is 6.31. The van der Waals surface area contributed by atoms with Crippen molar-refractivity contribution in [2.75, 3.05) is 17.2 Å². The van der Waals surface area contributed by atoms with Crippen molar-refractivity contribution < 1.29 is 19.1 Å². The topological polar surface area (TPSA) is 84.5 Å². The van der Waals surface area contributed by atoms with E-state index >= 15 is 0 Å². The maximum atomic E-state index is 13.0. The van der Waals surface area contributed by atoms with Crippen molar-refractivity contribution in [2.24, 2.45) is 0 Å². The van der Waals surface area contributed by atoms with Crippen LogP contribution in [0.3, 0.4) is 0 Å². The Hall–Kier alpha value is -4.42. The third kappa shape index (κ3) is 6.23. The highest BCUT2D eigenvalue weighted by Crippen LogP contribution is 2.26. The van der Waals surface area contributed by atoms with E-state index in [1.165, 1.54) is 6.07 Å². The Kier molecular flexibility index (Phi) is 8.01. The summed E-state index contributed by atoms with van der Waals surface area (Å²) >= 11 is 6.11. The first kappa shape index (κ1) is 25.7. The highest BCUT2D eigenvalue weighted by atomic mass is 35.5. The van der Waals surface area contributed by atoms with E-state index in [1.54, 1.807) is 54.6 Å². The second-order valence-corrected chi connectivity index (χ2v) is 8.86. The van der Waals surface area contributed by atoms with Gasteiger partial charge in [-0.1, -0.05) is 66.2 Å². The zero-order chi connectivity index (χ0) is 26.4. The quantitative estimate of drug-likeness (QED) is 0.202. The molecule has 0 unspecified atom stereocenters. The molecule has 4 aromatic rings.